The van der Waals surface area contributed by atoms with Gasteiger partial charge in [-0.25, -0.2) is 8.78 Å². The summed E-state index contributed by atoms with van der Waals surface area (Å²) in [5, 5.41) is 24.5. The van der Waals surface area contributed by atoms with Gasteiger partial charge in [0.25, 0.3) is 0 Å². The maximum atomic E-state index is 13.8. The zero-order valence-corrected chi connectivity index (χ0v) is 17.1. The van der Waals surface area contributed by atoms with E-state index in [0.29, 0.717) is 31.5 Å². The summed E-state index contributed by atoms with van der Waals surface area (Å²) in [5.74, 6) is -1.96. The lowest BCUT2D eigenvalue weighted by Gasteiger charge is -2.23. The Bertz CT molecular complexity index is 1140. The van der Waals surface area contributed by atoms with Gasteiger partial charge in [0, 0.05) is 31.7 Å². The summed E-state index contributed by atoms with van der Waals surface area (Å²) in [6.07, 6.45) is 3.32. The molecule has 1 fully saturated rings. The van der Waals surface area contributed by atoms with E-state index in [-0.39, 0.29) is 18.2 Å². The van der Waals surface area contributed by atoms with Gasteiger partial charge >= 0.3 is 0 Å². The van der Waals surface area contributed by atoms with E-state index in [0.717, 1.165) is 28.9 Å². The quantitative estimate of drug-likeness (QED) is 0.666. The van der Waals surface area contributed by atoms with Crippen molar-refractivity contribution in [1.29, 1.82) is 0 Å². The zero-order chi connectivity index (χ0) is 22.5. The van der Waals surface area contributed by atoms with Crippen LogP contribution in [0.15, 0.2) is 59.9 Å². The molecule has 0 radical (unpaired) electrons. The Morgan fingerprint density at radius 1 is 1.19 bits per heavy atom. The smallest absolute Gasteiger partial charge is 0.224 e. The van der Waals surface area contributed by atoms with E-state index in [9.17, 15) is 23.8 Å². The number of carbonyl (C=O) groups excluding carboxylic acids is 1. The molecule has 0 unspecified atom stereocenters. The number of amides is 1. The van der Waals surface area contributed by atoms with Crippen LogP contribution in [0.1, 0.15) is 23.7 Å². The van der Waals surface area contributed by atoms with Gasteiger partial charge in [-0.15, -0.1) is 0 Å². The van der Waals surface area contributed by atoms with E-state index in [2.05, 4.69) is 5.32 Å². The predicted molar refractivity (Wildman–Crippen MR) is 113 cm³/mol. The molecule has 3 aliphatic rings. The fourth-order valence-corrected chi connectivity index (χ4v) is 4.48. The molecule has 2 heterocycles. The van der Waals surface area contributed by atoms with Gasteiger partial charge in [-0.1, -0.05) is 18.2 Å². The summed E-state index contributed by atoms with van der Waals surface area (Å²) in [6, 6.07) is 8.95. The number of aliphatic hydroxyl groups is 2. The van der Waals surface area contributed by atoms with Crippen LogP contribution in [-0.4, -0.2) is 46.3 Å². The lowest BCUT2D eigenvalue weighted by atomic mass is 9.98. The van der Waals surface area contributed by atoms with E-state index in [1.165, 1.54) is 12.1 Å². The van der Waals surface area contributed by atoms with Crippen molar-refractivity contribution in [3.8, 4) is 5.75 Å². The maximum Gasteiger partial charge on any atom is 0.224 e. The molecule has 2 aromatic carbocycles. The summed E-state index contributed by atoms with van der Waals surface area (Å²) < 4.78 is 33.1. The van der Waals surface area contributed by atoms with Crippen LogP contribution in [0.5, 0.6) is 5.75 Å². The number of nitrogens with zero attached hydrogens (tertiary/aromatic N) is 1. The number of rotatable bonds is 5. The predicted octanol–water partition coefficient (Wildman–Crippen LogP) is 2.83. The first kappa shape index (κ1) is 20.8. The Kier molecular flexibility index (Phi) is 5.08. The molecule has 8 heteroatoms. The van der Waals surface area contributed by atoms with Crippen molar-refractivity contribution < 1.29 is 28.5 Å². The monoisotopic (exact) mass is 440 g/mol. The molecule has 32 heavy (non-hydrogen) atoms. The van der Waals surface area contributed by atoms with Gasteiger partial charge in [-0.05, 0) is 53.5 Å². The highest BCUT2D eigenvalue weighted by molar-refractivity contribution is 5.93. The molecule has 0 aromatic heterocycles. The van der Waals surface area contributed by atoms with Gasteiger partial charge in [0.2, 0.25) is 5.91 Å². The van der Waals surface area contributed by atoms with Crippen LogP contribution in [0, 0.1) is 11.6 Å². The number of β-amino-alcohol motifs (C(OH)–C–C–N with tert-alkyl or cyclic N) is 2. The standard InChI is InChI=1S/C24H22F2N2O4/c25-18-2-1-3-19(26)23(18)32-17-9-16-11-28(13-24(16,31)10-17)12-21(29)15-4-6-20-14(8-15)5-7-22(30)27-20/h1-4,6,8-10,21,29,31H,5,7,11-13H2,(H,27,30)/t21-,24+/m1/s1. The minimum absolute atomic E-state index is 0.00920. The normalized spacial score (nSPS) is 23.2. The van der Waals surface area contributed by atoms with E-state index in [1.807, 2.05) is 11.0 Å². The van der Waals surface area contributed by atoms with E-state index < -0.39 is 29.1 Å². The Morgan fingerprint density at radius 3 is 2.72 bits per heavy atom. The number of para-hydroxylation sites is 1. The summed E-state index contributed by atoms with van der Waals surface area (Å²) in [5.41, 5.74) is 1.84. The molecule has 5 rings (SSSR count). The molecule has 3 N–H and O–H groups in total. The number of fused-ring (bicyclic) bond motifs is 2. The van der Waals surface area contributed by atoms with E-state index >= 15 is 0 Å². The van der Waals surface area contributed by atoms with Crippen molar-refractivity contribution in [3.63, 3.8) is 0 Å². The van der Waals surface area contributed by atoms with Gasteiger partial charge in [0.15, 0.2) is 17.4 Å². The Labute approximate surface area is 183 Å². The number of aliphatic hydroxyl groups excluding tert-OH is 1. The number of hydrogen-bond acceptors (Lipinski definition) is 5. The topological polar surface area (TPSA) is 82.0 Å². The number of anilines is 1. The largest absolute Gasteiger partial charge is 0.451 e. The third kappa shape index (κ3) is 3.81. The molecule has 0 saturated carbocycles. The number of hydrogen-bond donors (Lipinski definition) is 3. The van der Waals surface area contributed by atoms with Crippen LogP contribution >= 0.6 is 0 Å². The molecule has 2 atom stereocenters. The molecule has 166 valence electrons. The van der Waals surface area contributed by atoms with Gasteiger partial charge in [-0.3, -0.25) is 9.69 Å². The number of aryl methyl sites for hydroxylation is 1. The number of benzene rings is 2. The first-order valence-corrected chi connectivity index (χ1v) is 10.4. The zero-order valence-electron chi connectivity index (χ0n) is 17.1. The van der Waals surface area contributed by atoms with Gasteiger partial charge < -0.3 is 20.3 Å². The lowest BCUT2D eigenvalue weighted by Crippen LogP contribution is -2.33. The summed E-state index contributed by atoms with van der Waals surface area (Å²) in [6.45, 7) is 0.915. The fourth-order valence-electron chi connectivity index (χ4n) is 4.48. The Balaban J connectivity index is 1.25. The molecule has 1 saturated heterocycles. The minimum Gasteiger partial charge on any atom is -0.451 e. The molecule has 2 aromatic rings. The number of nitrogens with one attached hydrogen (secondary N) is 1. The fraction of sp³-hybridized carbons (Fsp3) is 0.292. The highest BCUT2D eigenvalue weighted by atomic mass is 19.1. The van der Waals surface area contributed by atoms with Crippen LogP contribution in [0.3, 0.4) is 0 Å². The molecule has 1 aliphatic carbocycles. The second kappa shape index (κ2) is 7.81. The summed E-state index contributed by atoms with van der Waals surface area (Å²) in [4.78, 5) is 13.4. The van der Waals surface area contributed by atoms with Crippen molar-refractivity contribution in [2.75, 3.05) is 25.0 Å². The molecule has 0 bridgehead atoms. The lowest BCUT2D eigenvalue weighted by molar-refractivity contribution is -0.116. The average molecular weight is 440 g/mol. The first-order valence-electron chi connectivity index (χ1n) is 10.4. The van der Waals surface area contributed by atoms with Crippen LogP contribution < -0.4 is 10.1 Å². The third-order valence-corrected chi connectivity index (χ3v) is 6.09. The summed E-state index contributed by atoms with van der Waals surface area (Å²) >= 11 is 0. The van der Waals surface area contributed by atoms with Crippen molar-refractivity contribution in [2.45, 2.75) is 24.5 Å². The average Bonchev–Trinajstić information content (AvgIpc) is 3.20. The van der Waals surface area contributed by atoms with Gasteiger partial charge in [0.05, 0.1) is 6.10 Å². The number of halogens is 2. The van der Waals surface area contributed by atoms with Crippen molar-refractivity contribution >= 4 is 11.6 Å². The van der Waals surface area contributed by atoms with Crippen LogP contribution in [0.4, 0.5) is 14.5 Å². The molecular weight excluding hydrogens is 418 g/mol. The second-order valence-electron chi connectivity index (χ2n) is 8.44. The number of likely N-dealkylation sites (tertiary alicyclic amines) is 1. The van der Waals surface area contributed by atoms with Crippen LogP contribution in [0.2, 0.25) is 0 Å². The molecule has 2 aliphatic heterocycles. The molecule has 1 amide bonds. The number of ether oxygens (including phenoxy) is 1. The second-order valence-corrected chi connectivity index (χ2v) is 8.44. The molecular formula is C24H22F2N2O4. The van der Waals surface area contributed by atoms with Crippen molar-refractivity contribution in [1.82, 2.24) is 4.90 Å². The van der Waals surface area contributed by atoms with Crippen LogP contribution in [0.25, 0.3) is 0 Å². The molecule has 0 spiro atoms. The summed E-state index contributed by atoms with van der Waals surface area (Å²) in [7, 11) is 0. The van der Waals surface area contributed by atoms with E-state index in [4.69, 9.17) is 4.74 Å². The van der Waals surface area contributed by atoms with Crippen molar-refractivity contribution in [3.05, 3.63) is 82.6 Å². The third-order valence-electron chi connectivity index (χ3n) is 6.09. The number of allylic oxidation sites excluding steroid dienone is 1. The van der Waals surface area contributed by atoms with Gasteiger partial charge in [-0.2, -0.15) is 0 Å². The minimum atomic E-state index is -1.31. The highest BCUT2D eigenvalue weighted by Crippen LogP contribution is 2.38. The highest BCUT2D eigenvalue weighted by Gasteiger charge is 2.43. The Morgan fingerprint density at radius 2 is 1.97 bits per heavy atom. The maximum absolute atomic E-state index is 13.8. The van der Waals surface area contributed by atoms with Crippen LogP contribution in [-0.2, 0) is 11.2 Å². The first-order chi connectivity index (χ1) is 15.3. The van der Waals surface area contributed by atoms with E-state index in [1.54, 1.807) is 18.2 Å². The Hall–Kier alpha value is -3.07. The van der Waals surface area contributed by atoms with Gasteiger partial charge in [0.1, 0.15) is 11.4 Å². The van der Waals surface area contributed by atoms with Crippen molar-refractivity contribution in [2.24, 2.45) is 0 Å². The SMILES string of the molecule is O=C1CCc2cc([C@H](O)CN3CC4=CC(Oc5c(F)cccc5F)=C[C@]4(O)C3)ccc2N1. The molecule has 6 nitrogen and oxygen atoms in total. The number of carbonyl (C=O) groups is 1.